The number of halogens is 1. The van der Waals surface area contributed by atoms with Crippen molar-refractivity contribution in [2.45, 2.75) is 0 Å². The van der Waals surface area contributed by atoms with Crippen molar-refractivity contribution in [2.75, 3.05) is 0 Å². The second kappa shape index (κ2) is 3.15. The lowest BCUT2D eigenvalue weighted by Gasteiger charge is -1.84. The largest absolute Gasteiger partial charge is 0.379 e. The Morgan fingerprint density at radius 3 is 2.38 bits per heavy atom. The third kappa shape index (κ3) is 2.30. The molecule has 0 saturated heterocycles. The Bertz CT molecular complexity index is 132. The second-order valence-electron chi connectivity index (χ2n) is 0.858. The SMILES string of the molecule is C=C(Cl)C(=O)ON=O. The molecule has 0 rings (SSSR count). The van der Waals surface area contributed by atoms with Crippen molar-refractivity contribution >= 4 is 17.6 Å². The first-order valence-electron chi connectivity index (χ1n) is 1.57. The van der Waals surface area contributed by atoms with Crippen LogP contribution in [-0.2, 0) is 9.63 Å². The maximum Gasteiger partial charge on any atom is 0.379 e. The molecule has 0 bridgehead atoms. The summed E-state index contributed by atoms with van der Waals surface area (Å²) >= 11 is 4.94. The van der Waals surface area contributed by atoms with Gasteiger partial charge in [-0.15, -0.1) is 4.91 Å². The molecule has 44 valence electrons. The number of nitrogens with zero attached hydrogens (tertiary/aromatic N) is 1. The van der Waals surface area contributed by atoms with E-state index in [0.29, 0.717) is 0 Å². The Balaban J connectivity index is 3.65. The van der Waals surface area contributed by atoms with Crippen molar-refractivity contribution in [1.29, 1.82) is 0 Å². The minimum Gasteiger partial charge on any atom is -0.278 e. The van der Waals surface area contributed by atoms with Crippen molar-refractivity contribution in [3.8, 4) is 0 Å². The molecule has 0 aliphatic rings. The van der Waals surface area contributed by atoms with Crippen LogP contribution in [0.4, 0.5) is 0 Å². The molecule has 0 fully saturated rings. The molecule has 0 aromatic heterocycles. The Labute approximate surface area is 50.0 Å². The van der Waals surface area contributed by atoms with Gasteiger partial charge in [0.25, 0.3) is 0 Å². The molecule has 0 aromatic rings. The summed E-state index contributed by atoms with van der Waals surface area (Å²) in [6.07, 6.45) is 0. The Hall–Kier alpha value is -0.900. The zero-order valence-electron chi connectivity index (χ0n) is 3.76. The van der Waals surface area contributed by atoms with Gasteiger partial charge < -0.3 is 0 Å². The lowest BCUT2D eigenvalue weighted by Crippen LogP contribution is -1.96. The van der Waals surface area contributed by atoms with Crippen LogP contribution < -0.4 is 0 Å². The quantitative estimate of drug-likeness (QED) is 0.322. The summed E-state index contributed by atoms with van der Waals surface area (Å²) in [5, 5.41) is 1.44. The Morgan fingerprint density at radius 1 is 1.75 bits per heavy atom. The van der Waals surface area contributed by atoms with Gasteiger partial charge in [0, 0.05) is 0 Å². The molecule has 0 aliphatic carbocycles. The highest BCUT2D eigenvalue weighted by atomic mass is 35.5. The molecule has 0 saturated carbocycles. The van der Waals surface area contributed by atoms with Crippen LogP contribution in [0.2, 0.25) is 0 Å². The van der Waals surface area contributed by atoms with E-state index in [0.717, 1.165) is 0 Å². The van der Waals surface area contributed by atoms with E-state index in [1.165, 1.54) is 0 Å². The van der Waals surface area contributed by atoms with Gasteiger partial charge in [0.05, 0.1) is 0 Å². The summed E-state index contributed by atoms with van der Waals surface area (Å²) in [6, 6.07) is 0. The fourth-order valence-corrected chi connectivity index (χ4v) is 0.118. The molecular weight excluding hydrogens is 133 g/mol. The van der Waals surface area contributed by atoms with Crippen molar-refractivity contribution in [3.63, 3.8) is 0 Å². The number of carbonyl (C=O) groups is 1. The average Bonchev–Trinajstić information content (AvgIpc) is 1.67. The summed E-state index contributed by atoms with van der Waals surface area (Å²) in [5.41, 5.74) is 0. The molecule has 0 spiro atoms. The van der Waals surface area contributed by atoms with E-state index in [1.807, 2.05) is 5.34 Å². The maximum absolute atomic E-state index is 10.00. The van der Waals surface area contributed by atoms with Crippen LogP contribution in [0.5, 0.6) is 0 Å². The normalized spacial score (nSPS) is 7.62. The molecule has 0 amide bonds. The van der Waals surface area contributed by atoms with Crippen LogP contribution in [0.15, 0.2) is 17.0 Å². The van der Waals surface area contributed by atoms with Crippen molar-refractivity contribution in [2.24, 2.45) is 5.34 Å². The van der Waals surface area contributed by atoms with E-state index < -0.39 is 5.97 Å². The smallest absolute Gasteiger partial charge is 0.278 e. The summed E-state index contributed by atoms with van der Waals surface area (Å²) in [7, 11) is 0. The van der Waals surface area contributed by atoms with Crippen LogP contribution in [0.25, 0.3) is 0 Å². The van der Waals surface area contributed by atoms with Gasteiger partial charge in [-0.3, -0.25) is 4.84 Å². The van der Waals surface area contributed by atoms with Crippen LogP contribution in [0.1, 0.15) is 0 Å². The van der Waals surface area contributed by atoms with Crippen LogP contribution >= 0.6 is 11.6 Å². The molecule has 8 heavy (non-hydrogen) atoms. The zero-order valence-corrected chi connectivity index (χ0v) is 4.51. The van der Waals surface area contributed by atoms with Crippen molar-refractivity contribution in [3.05, 3.63) is 16.5 Å². The van der Waals surface area contributed by atoms with Crippen LogP contribution in [0, 0.1) is 4.91 Å². The molecule has 5 heteroatoms. The summed E-state index contributed by atoms with van der Waals surface area (Å²) in [4.78, 5) is 22.6. The standard InChI is InChI=1S/C3H2ClNO3/c1-2(4)3(6)8-5-7/h1H2. The number of rotatable bonds is 2. The van der Waals surface area contributed by atoms with Crippen LogP contribution in [0.3, 0.4) is 0 Å². The number of carbonyl (C=O) groups excluding carboxylic acids is 1. The van der Waals surface area contributed by atoms with E-state index >= 15 is 0 Å². The third-order valence-corrected chi connectivity index (χ3v) is 0.496. The lowest BCUT2D eigenvalue weighted by molar-refractivity contribution is -0.138. The Kier molecular flexibility index (Phi) is 2.79. The van der Waals surface area contributed by atoms with Gasteiger partial charge in [-0.25, -0.2) is 4.79 Å². The summed E-state index contributed by atoms with van der Waals surface area (Å²) in [6.45, 7) is 2.97. The fraction of sp³-hybridized carbons (Fsp3) is 0. The summed E-state index contributed by atoms with van der Waals surface area (Å²) in [5.74, 6) is -1.03. The maximum atomic E-state index is 10.00. The molecule has 4 nitrogen and oxygen atoms in total. The van der Waals surface area contributed by atoms with Crippen molar-refractivity contribution < 1.29 is 9.63 Å². The van der Waals surface area contributed by atoms with E-state index in [2.05, 4.69) is 11.4 Å². The molecule has 0 N–H and O–H groups in total. The molecule has 0 aliphatic heterocycles. The molecule has 0 atom stereocenters. The van der Waals surface area contributed by atoms with Gasteiger partial charge in [0.15, 0.2) is 5.34 Å². The third-order valence-electron chi connectivity index (χ3n) is 0.342. The minimum absolute atomic E-state index is 0.371. The van der Waals surface area contributed by atoms with Gasteiger partial charge in [-0.2, -0.15) is 0 Å². The predicted molar refractivity (Wildman–Crippen MR) is 26.9 cm³/mol. The van der Waals surface area contributed by atoms with Crippen LogP contribution in [-0.4, -0.2) is 5.97 Å². The lowest BCUT2D eigenvalue weighted by atomic mass is 10.7. The molecule has 0 radical (unpaired) electrons. The van der Waals surface area contributed by atoms with Gasteiger partial charge in [0.1, 0.15) is 5.03 Å². The van der Waals surface area contributed by atoms with Gasteiger partial charge >= 0.3 is 5.97 Å². The fourth-order valence-electron chi connectivity index (χ4n) is 0.0834. The van der Waals surface area contributed by atoms with E-state index in [1.54, 1.807) is 0 Å². The van der Waals surface area contributed by atoms with Gasteiger partial charge in [-0.1, -0.05) is 18.2 Å². The summed E-state index contributed by atoms with van der Waals surface area (Å²) < 4.78 is 0. The average molecular weight is 136 g/mol. The van der Waals surface area contributed by atoms with Crippen molar-refractivity contribution in [1.82, 2.24) is 0 Å². The van der Waals surface area contributed by atoms with Gasteiger partial charge in [0.2, 0.25) is 0 Å². The molecule has 0 aromatic carbocycles. The zero-order chi connectivity index (χ0) is 6.57. The number of hydrogen-bond donors (Lipinski definition) is 0. The monoisotopic (exact) mass is 135 g/mol. The van der Waals surface area contributed by atoms with Gasteiger partial charge in [-0.05, 0) is 0 Å². The predicted octanol–water partition coefficient (Wildman–Crippen LogP) is 0.963. The molecular formula is C3H2ClNO3. The Morgan fingerprint density at radius 2 is 2.25 bits per heavy atom. The van der Waals surface area contributed by atoms with E-state index in [4.69, 9.17) is 16.5 Å². The molecule has 0 unspecified atom stereocenters. The first-order chi connectivity index (χ1) is 3.68. The first-order valence-corrected chi connectivity index (χ1v) is 1.94. The highest BCUT2D eigenvalue weighted by Gasteiger charge is 2.03. The highest BCUT2D eigenvalue weighted by molar-refractivity contribution is 6.40. The number of hydrogen-bond acceptors (Lipinski definition) is 4. The van der Waals surface area contributed by atoms with E-state index in [9.17, 15) is 4.79 Å². The van der Waals surface area contributed by atoms with E-state index in [-0.39, 0.29) is 5.03 Å². The second-order valence-corrected chi connectivity index (χ2v) is 1.31. The molecule has 0 heterocycles. The highest BCUT2D eigenvalue weighted by Crippen LogP contribution is 1.98. The first kappa shape index (κ1) is 7.10. The minimum atomic E-state index is -1.03. The topological polar surface area (TPSA) is 55.7 Å².